The molecule has 0 unspecified atom stereocenters. The minimum absolute atomic E-state index is 0.0167. The molecule has 1 aliphatic rings. The highest BCUT2D eigenvalue weighted by atomic mass is 79.9. The Kier molecular flexibility index (Phi) is 5.69. The molecule has 4 heterocycles. The van der Waals surface area contributed by atoms with Crippen molar-refractivity contribution in [2.24, 2.45) is 0 Å². The molecule has 150 valence electrons. The van der Waals surface area contributed by atoms with Crippen molar-refractivity contribution in [3.8, 4) is 22.1 Å². The highest BCUT2D eigenvalue weighted by molar-refractivity contribution is 9.10. The SMILES string of the molecule is COc1cnc(Br)cc1-c1cc(C)ncc1C(=O)Nc1nnc(OC2COC2)s1. The van der Waals surface area contributed by atoms with Gasteiger partial charge in [-0.1, -0.05) is 5.10 Å². The normalized spacial score (nSPS) is 13.6. The van der Waals surface area contributed by atoms with Crippen molar-refractivity contribution < 1.29 is 19.0 Å². The fraction of sp³-hybridized carbons (Fsp3) is 0.278. The molecule has 4 rings (SSSR count). The smallest absolute Gasteiger partial charge is 0.296 e. The van der Waals surface area contributed by atoms with Crippen molar-refractivity contribution in [2.45, 2.75) is 13.0 Å². The van der Waals surface area contributed by atoms with Gasteiger partial charge in [0.05, 0.1) is 32.1 Å². The van der Waals surface area contributed by atoms with Gasteiger partial charge in [0.1, 0.15) is 16.5 Å². The van der Waals surface area contributed by atoms with Crippen molar-refractivity contribution >= 4 is 38.3 Å². The molecule has 1 N–H and O–H groups in total. The van der Waals surface area contributed by atoms with Crippen molar-refractivity contribution in [2.75, 3.05) is 25.6 Å². The Morgan fingerprint density at radius 2 is 2.07 bits per heavy atom. The van der Waals surface area contributed by atoms with Crippen LogP contribution >= 0.6 is 27.3 Å². The maximum Gasteiger partial charge on any atom is 0.296 e. The van der Waals surface area contributed by atoms with Crippen molar-refractivity contribution in [1.82, 2.24) is 20.2 Å². The van der Waals surface area contributed by atoms with Crippen LogP contribution in [0.15, 0.2) is 29.1 Å². The van der Waals surface area contributed by atoms with Gasteiger partial charge in [0.2, 0.25) is 5.13 Å². The molecule has 0 aromatic carbocycles. The van der Waals surface area contributed by atoms with Gasteiger partial charge in [-0.15, -0.1) is 5.10 Å². The first-order valence-corrected chi connectivity index (χ1v) is 10.2. The third kappa shape index (κ3) is 4.36. The summed E-state index contributed by atoms with van der Waals surface area (Å²) in [5, 5.41) is 11.4. The molecule has 1 aliphatic heterocycles. The van der Waals surface area contributed by atoms with E-state index >= 15 is 0 Å². The first kappa shape index (κ1) is 19.7. The minimum atomic E-state index is -0.364. The number of amides is 1. The zero-order valence-corrected chi connectivity index (χ0v) is 17.9. The summed E-state index contributed by atoms with van der Waals surface area (Å²) in [5.41, 5.74) is 2.52. The van der Waals surface area contributed by atoms with Crippen LogP contribution in [-0.2, 0) is 4.74 Å². The molecule has 3 aromatic heterocycles. The Labute approximate surface area is 178 Å². The number of aryl methyl sites for hydroxylation is 1. The van der Waals surface area contributed by atoms with Gasteiger partial charge in [-0.3, -0.25) is 15.1 Å². The molecule has 1 amide bonds. The third-order valence-electron chi connectivity index (χ3n) is 4.13. The zero-order valence-electron chi connectivity index (χ0n) is 15.5. The number of hydrogen-bond donors (Lipinski definition) is 1. The second-order valence-corrected chi connectivity index (χ2v) is 7.94. The summed E-state index contributed by atoms with van der Waals surface area (Å²) in [5.74, 6) is 0.180. The average Bonchev–Trinajstić information content (AvgIpc) is 3.11. The van der Waals surface area contributed by atoms with Crippen molar-refractivity contribution in [3.05, 3.63) is 40.4 Å². The van der Waals surface area contributed by atoms with E-state index in [1.807, 2.05) is 13.0 Å². The summed E-state index contributed by atoms with van der Waals surface area (Å²) in [4.78, 5) is 21.4. The van der Waals surface area contributed by atoms with E-state index in [1.165, 1.54) is 6.20 Å². The molecule has 3 aromatic rings. The van der Waals surface area contributed by atoms with Crippen LogP contribution in [0, 0.1) is 6.92 Å². The van der Waals surface area contributed by atoms with E-state index in [0.717, 1.165) is 22.6 Å². The van der Waals surface area contributed by atoms with Crippen LogP contribution in [0.2, 0.25) is 0 Å². The third-order valence-corrected chi connectivity index (χ3v) is 5.29. The van der Waals surface area contributed by atoms with Crippen LogP contribution in [0.4, 0.5) is 5.13 Å². The molecular formula is C18H16BrN5O4S. The predicted molar refractivity (Wildman–Crippen MR) is 110 cm³/mol. The number of ether oxygens (including phenoxy) is 3. The summed E-state index contributed by atoms with van der Waals surface area (Å²) in [6, 6.07) is 3.62. The van der Waals surface area contributed by atoms with Crippen molar-refractivity contribution in [3.63, 3.8) is 0 Å². The van der Waals surface area contributed by atoms with Crippen molar-refractivity contribution in [1.29, 1.82) is 0 Å². The second kappa shape index (κ2) is 8.39. The van der Waals surface area contributed by atoms with Gasteiger partial charge in [0.15, 0.2) is 0 Å². The van der Waals surface area contributed by atoms with Crippen LogP contribution in [0.5, 0.6) is 10.9 Å². The molecule has 1 saturated heterocycles. The molecular weight excluding hydrogens is 462 g/mol. The number of hydrogen-bond acceptors (Lipinski definition) is 9. The summed E-state index contributed by atoms with van der Waals surface area (Å²) in [6.45, 7) is 2.92. The summed E-state index contributed by atoms with van der Waals surface area (Å²) >= 11 is 4.52. The van der Waals surface area contributed by atoms with E-state index in [2.05, 4.69) is 41.4 Å². The Hall–Kier alpha value is -2.63. The molecule has 0 saturated carbocycles. The maximum atomic E-state index is 13.0. The number of anilines is 1. The van der Waals surface area contributed by atoms with Gasteiger partial charge >= 0.3 is 0 Å². The van der Waals surface area contributed by atoms with Gasteiger partial charge in [0, 0.05) is 23.0 Å². The predicted octanol–water partition coefficient (Wildman–Crippen LogP) is 3.10. The molecule has 0 bridgehead atoms. The standard InChI is InChI=1S/C18H16BrN5O4S/c1-9-3-11(12-4-15(19)21-6-14(12)26-2)13(5-20-9)16(25)22-17-23-24-18(29-17)28-10-7-27-8-10/h3-6,10H,7-8H2,1-2H3,(H,22,23,25). The monoisotopic (exact) mass is 477 g/mol. The van der Waals surface area contributed by atoms with Gasteiger partial charge in [0.25, 0.3) is 11.1 Å². The highest BCUT2D eigenvalue weighted by Gasteiger charge is 2.23. The van der Waals surface area contributed by atoms with Gasteiger partial charge in [-0.25, -0.2) is 4.98 Å². The lowest BCUT2D eigenvalue weighted by molar-refractivity contribution is -0.0799. The first-order chi connectivity index (χ1) is 14.0. The molecule has 0 aliphatic carbocycles. The number of rotatable bonds is 6. The number of pyridine rings is 2. The average molecular weight is 478 g/mol. The fourth-order valence-corrected chi connectivity index (χ4v) is 3.64. The van der Waals surface area contributed by atoms with Crippen LogP contribution < -0.4 is 14.8 Å². The number of carbonyl (C=O) groups excluding carboxylic acids is 1. The lowest BCUT2D eigenvalue weighted by Gasteiger charge is -2.24. The Bertz CT molecular complexity index is 1060. The van der Waals surface area contributed by atoms with Gasteiger partial charge in [-0.05, 0) is 46.3 Å². The van der Waals surface area contributed by atoms with E-state index in [1.54, 1.807) is 19.4 Å². The van der Waals surface area contributed by atoms with Crippen LogP contribution in [0.25, 0.3) is 11.1 Å². The highest BCUT2D eigenvalue weighted by Crippen LogP contribution is 2.34. The molecule has 11 heteroatoms. The first-order valence-electron chi connectivity index (χ1n) is 8.59. The van der Waals surface area contributed by atoms with E-state index in [4.69, 9.17) is 14.2 Å². The Morgan fingerprint density at radius 1 is 1.24 bits per heavy atom. The van der Waals surface area contributed by atoms with E-state index < -0.39 is 0 Å². The van der Waals surface area contributed by atoms with E-state index in [0.29, 0.717) is 45.0 Å². The molecule has 0 spiro atoms. The molecule has 0 atom stereocenters. The molecule has 1 fully saturated rings. The summed E-state index contributed by atoms with van der Waals surface area (Å²) in [7, 11) is 1.55. The van der Waals surface area contributed by atoms with Crippen LogP contribution in [0.1, 0.15) is 16.1 Å². The number of halogens is 1. The number of nitrogens with zero attached hydrogens (tertiary/aromatic N) is 4. The van der Waals surface area contributed by atoms with Crippen LogP contribution in [0.3, 0.4) is 0 Å². The zero-order chi connectivity index (χ0) is 20.4. The second-order valence-electron chi connectivity index (χ2n) is 6.18. The largest absolute Gasteiger partial charge is 0.494 e. The topological polar surface area (TPSA) is 108 Å². The lowest BCUT2D eigenvalue weighted by Crippen LogP contribution is -2.38. The Morgan fingerprint density at radius 3 is 2.79 bits per heavy atom. The molecule has 29 heavy (non-hydrogen) atoms. The quantitative estimate of drug-likeness (QED) is 0.539. The molecule has 0 radical (unpaired) electrons. The van der Waals surface area contributed by atoms with E-state index in [-0.39, 0.29) is 12.0 Å². The lowest BCUT2D eigenvalue weighted by atomic mass is 10.0. The maximum absolute atomic E-state index is 13.0. The number of methoxy groups -OCH3 is 1. The molecule has 9 nitrogen and oxygen atoms in total. The number of nitrogens with one attached hydrogen (secondary N) is 1. The number of aromatic nitrogens is 4. The van der Waals surface area contributed by atoms with Crippen LogP contribution in [-0.4, -0.2) is 52.5 Å². The summed E-state index contributed by atoms with van der Waals surface area (Å²) < 4.78 is 16.7. The number of carbonyl (C=O) groups is 1. The Balaban J connectivity index is 1.61. The minimum Gasteiger partial charge on any atom is -0.494 e. The summed E-state index contributed by atoms with van der Waals surface area (Å²) in [6.07, 6.45) is 3.10. The fourth-order valence-electron chi connectivity index (χ4n) is 2.65. The van der Waals surface area contributed by atoms with Gasteiger partial charge < -0.3 is 14.2 Å². The van der Waals surface area contributed by atoms with E-state index in [9.17, 15) is 4.79 Å². The van der Waals surface area contributed by atoms with Gasteiger partial charge in [-0.2, -0.15) is 0 Å².